The van der Waals surface area contributed by atoms with Crippen LogP contribution in [0.2, 0.25) is 0 Å². The van der Waals surface area contributed by atoms with Crippen LogP contribution in [0.4, 0.5) is 4.39 Å². The highest BCUT2D eigenvalue weighted by Gasteiger charge is 2.28. The van der Waals surface area contributed by atoms with Gasteiger partial charge in [0.1, 0.15) is 5.82 Å². The summed E-state index contributed by atoms with van der Waals surface area (Å²) in [6.07, 6.45) is 0.834. The van der Waals surface area contributed by atoms with Crippen LogP contribution in [0, 0.1) is 11.7 Å². The molecule has 6 heteroatoms. The molecule has 5 nitrogen and oxygen atoms in total. The Hall–Kier alpha value is -1.95. The first-order chi connectivity index (χ1) is 10.0. The molecule has 1 aliphatic heterocycles. The second kappa shape index (κ2) is 6.67. The van der Waals surface area contributed by atoms with Gasteiger partial charge >= 0.3 is 5.97 Å². The van der Waals surface area contributed by atoms with E-state index in [4.69, 9.17) is 9.84 Å². The summed E-state index contributed by atoms with van der Waals surface area (Å²) >= 11 is 0. The number of carbonyl (C=O) groups is 2. The van der Waals surface area contributed by atoms with Gasteiger partial charge in [0.05, 0.1) is 17.7 Å². The fourth-order valence-corrected chi connectivity index (χ4v) is 2.43. The highest BCUT2D eigenvalue weighted by atomic mass is 19.1. The topological polar surface area (TPSA) is 66.8 Å². The molecule has 114 valence electrons. The highest BCUT2D eigenvalue weighted by molar-refractivity contribution is 5.96. The van der Waals surface area contributed by atoms with Crippen molar-refractivity contribution < 1.29 is 23.8 Å². The number of aromatic carboxylic acids is 1. The van der Waals surface area contributed by atoms with Crippen LogP contribution in [-0.2, 0) is 4.74 Å². The normalized spacial score (nSPS) is 18.0. The zero-order chi connectivity index (χ0) is 15.4. The Balaban J connectivity index is 2.05. The SMILES string of the molecule is CCOCC1CCN(C(=O)c2ccc(C(=O)O)cc2F)C1. The fourth-order valence-electron chi connectivity index (χ4n) is 2.43. The molecular formula is C15H18FNO4. The van der Waals surface area contributed by atoms with Crippen LogP contribution in [0.5, 0.6) is 0 Å². The van der Waals surface area contributed by atoms with E-state index < -0.39 is 17.7 Å². The number of halogens is 1. The van der Waals surface area contributed by atoms with Crippen LogP contribution in [0.1, 0.15) is 34.1 Å². The predicted molar refractivity (Wildman–Crippen MR) is 73.9 cm³/mol. The fraction of sp³-hybridized carbons (Fsp3) is 0.467. The third-order valence-corrected chi connectivity index (χ3v) is 3.58. The van der Waals surface area contributed by atoms with Gasteiger partial charge in [-0.15, -0.1) is 0 Å². The molecule has 0 aliphatic carbocycles. The van der Waals surface area contributed by atoms with E-state index >= 15 is 0 Å². The Labute approximate surface area is 122 Å². The number of carboxylic acid groups (broad SMARTS) is 1. The minimum absolute atomic E-state index is 0.0861. The smallest absolute Gasteiger partial charge is 0.335 e. The average molecular weight is 295 g/mol. The van der Waals surface area contributed by atoms with Gasteiger partial charge in [-0.3, -0.25) is 4.79 Å². The third kappa shape index (κ3) is 3.58. The monoisotopic (exact) mass is 295 g/mol. The molecule has 21 heavy (non-hydrogen) atoms. The van der Waals surface area contributed by atoms with Crippen molar-refractivity contribution in [2.24, 2.45) is 5.92 Å². The number of likely N-dealkylation sites (tertiary alicyclic amines) is 1. The minimum atomic E-state index is -1.22. The standard InChI is InChI=1S/C15H18FNO4/c1-2-21-9-10-5-6-17(8-10)14(18)12-4-3-11(15(19)20)7-13(12)16/h3-4,7,10H,2,5-6,8-9H2,1H3,(H,19,20). The van der Waals surface area contributed by atoms with E-state index in [0.29, 0.717) is 26.3 Å². The number of benzene rings is 1. The summed E-state index contributed by atoms with van der Waals surface area (Å²) in [7, 11) is 0. The van der Waals surface area contributed by atoms with Crippen molar-refractivity contribution >= 4 is 11.9 Å². The van der Waals surface area contributed by atoms with Gasteiger partial charge in [0.25, 0.3) is 5.91 Å². The van der Waals surface area contributed by atoms with Crippen molar-refractivity contribution in [1.82, 2.24) is 4.90 Å². The molecule has 2 rings (SSSR count). The Kier molecular flexibility index (Phi) is 4.90. The molecule has 1 saturated heterocycles. The second-order valence-corrected chi connectivity index (χ2v) is 5.07. The summed E-state index contributed by atoms with van der Waals surface area (Å²) in [6, 6.07) is 3.35. The number of hydrogen-bond donors (Lipinski definition) is 1. The second-order valence-electron chi connectivity index (χ2n) is 5.07. The first kappa shape index (κ1) is 15.4. The molecule has 0 bridgehead atoms. The molecule has 1 N–H and O–H groups in total. The molecule has 0 radical (unpaired) electrons. The van der Waals surface area contributed by atoms with Gasteiger partial charge in [0.2, 0.25) is 0 Å². The average Bonchev–Trinajstić information content (AvgIpc) is 2.93. The lowest BCUT2D eigenvalue weighted by atomic mass is 10.1. The van der Waals surface area contributed by atoms with E-state index in [0.717, 1.165) is 12.5 Å². The predicted octanol–water partition coefficient (Wildman–Crippen LogP) is 2.02. The van der Waals surface area contributed by atoms with Gasteiger partial charge in [-0.25, -0.2) is 9.18 Å². The molecule has 1 aliphatic rings. The van der Waals surface area contributed by atoms with Gasteiger partial charge in [-0.2, -0.15) is 0 Å². The van der Waals surface area contributed by atoms with Crippen molar-refractivity contribution in [1.29, 1.82) is 0 Å². The maximum absolute atomic E-state index is 13.9. The summed E-state index contributed by atoms with van der Waals surface area (Å²) in [5, 5.41) is 8.79. The molecule has 1 atom stereocenters. The van der Waals surface area contributed by atoms with E-state index in [-0.39, 0.29) is 17.0 Å². The number of ether oxygens (including phenoxy) is 1. The maximum atomic E-state index is 13.9. The lowest BCUT2D eigenvalue weighted by Crippen LogP contribution is -2.30. The van der Waals surface area contributed by atoms with E-state index in [1.165, 1.54) is 12.1 Å². The van der Waals surface area contributed by atoms with Crippen LogP contribution >= 0.6 is 0 Å². The molecule has 1 fully saturated rings. The Bertz CT molecular complexity index is 546. The maximum Gasteiger partial charge on any atom is 0.335 e. The third-order valence-electron chi connectivity index (χ3n) is 3.58. The van der Waals surface area contributed by atoms with Crippen LogP contribution in [0.25, 0.3) is 0 Å². The zero-order valence-corrected chi connectivity index (χ0v) is 11.8. The van der Waals surface area contributed by atoms with Crippen molar-refractivity contribution in [3.05, 3.63) is 35.1 Å². The van der Waals surface area contributed by atoms with Crippen molar-refractivity contribution in [3.63, 3.8) is 0 Å². The molecule has 1 heterocycles. The molecule has 1 unspecified atom stereocenters. The van der Waals surface area contributed by atoms with Gasteiger partial charge in [-0.05, 0) is 31.5 Å². The quantitative estimate of drug-likeness (QED) is 0.902. The summed E-state index contributed by atoms with van der Waals surface area (Å²) in [5.41, 5.74) is -0.253. The van der Waals surface area contributed by atoms with Crippen LogP contribution < -0.4 is 0 Å². The van der Waals surface area contributed by atoms with Crippen molar-refractivity contribution in [2.75, 3.05) is 26.3 Å². The van der Waals surface area contributed by atoms with Crippen molar-refractivity contribution in [3.8, 4) is 0 Å². The first-order valence-corrected chi connectivity index (χ1v) is 6.92. The summed E-state index contributed by atoms with van der Waals surface area (Å²) in [6.45, 7) is 4.25. The molecular weight excluding hydrogens is 277 g/mol. The molecule has 0 aromatic heterocycles. The number of hydrogen-bond acceptors (Lipinski definition) is 3. The first-order valence-electron chi connectivity index (χ1n) is 6.92. The zero-order valence-electron chi connectivity index (χ0n) is 11.8. The van der Waals surface area contributed by atoms with Crippen LogP contribution in [0.15, 0.2) is 18.2 Å². The Morgan fingerprint density at radius 1 is 1.48 bits per heavy atom. The van der Waals surface area contributed by atoms with Gasteiger partial charge < -0.3 is 14.7 Å². The molecule has 1 aromatic carbocycles. The van der Waals surface area contributed by atoms with E-state index in [1.54, 1.807) is 4.90 Å². The largest absolute Gasteiger partial charge is 0.478 e. The summed E-state index contributed by atoms with van der Waals surface area (Å²) < 4.78 is 19.2. The summed E-state index contributed by atoms with van der Waals surface area (Å²) in [4.78, 5) is 24.6. The van der Waals surface area contributed by atoms with Crippen LogP contribution in [-0.4, -0.2) is 48.2 Å². The molecule has 1 amide bonds. The molecule has 0 spiro atoms. The Morgan fingerprint density at radius 3 is 2.86 bits per heavy atom. The van der Waals surface area contributed by atoms with Gasteiger partial charge in [0.15, 0.2) is 0 Å². The van der Waals surface area contributed by atoms with Crippen LogP contribution in [0.3, 0.4) is 0 Å². The van der Waals surface area contributed by atoms with Gasteiger partial charge in [0, 0.05) is 25.6 Å². The lowest BCUT2D eigenvalue weighted by molar-refractivity contribution is 0.0692. The van der Waals surface area contributed by atoms with E-state index in [9.17, 15) is 14.0 Å². The number of rotatable bonds is 5. The number of amides is 1. The number of carboxylic acids is 1. The minimum Gasteiger partial charge on any atom is -0.478 e. The molecule has 1 aromatic rings. The van der Waals surface area contributed by atoms with E-state index in [1.807, 2.05) is 6.92 Å². The lowest BCUT2D eigenvalue weighted by Gasteiger charge is -2.17. The van der Waals surface area contributed by atoms with Gasteiger partial charge in [-0.1, -0.05) is 0 Å². The van der Waals surface area contributed by atoms with Crippen molar-refractivity contribution in [2.45, 2.75) is 13.3 Å². The summed E-state index contributed by atoms with van der Waals surface area (Å²) in [5.74, 6) is -2.14. The van der Waals surface area contributed by atoms with E-state index in [2.05, 4.69) is 0 Å². The number of carbonyl (C=O) groups excluding carboxylic acids is 1. The highest BCUT2D eigenvalue weighted by Crippen LogP contribution is 2.21. The molecule has 0 saturated carbocycles. The number of nitrogens with zero attached hydrogens (tertiary/aromatic N) is 1. The Morgan fingerprint density at radius 2 is 2.24 bits per heavy atom.